The standard InChI is InChI=1S/C16H26N2O2/c1-3-10-17-15-9-5-4-8-14(15)16(20)18-11-6-7-13(2)12-19/h4-5,8-9,13,17,19H,3,6-7,10-12H2,1-2H3,(H,18,20). The van der Waals surface area contributed by atoms with Gasteiger partial charge in [0.2, 0.25) is 0 Å². The van der Waals surface area contributed by atoms with Crippen molar-refractivity contribution in [3.05, 3.63) is 29.8 Å². The molecule has 0 saturated carbocycles. The average Bonchev–Trinajstić information content (AvgIpc) is 2.49. The van der Waals surface area contributed by atoms with Crippen LogP contribution in [0.2, 0.25) is 0 Å². The third-order valence-electron chi connectivity index (χ3n) is 3.21. The van der Waals surface area contributed by atoms with E-state index in [0.29, 0.717) is 18.0 Å². The van der Waals surface area contributed by atoms with E-state index in [1.54, 1.807) is 0 Å². The number of amides is 1. The molecule has 1 rings (SSSR count). The molecule has 20 heavy (non-hydrogen) atoms. The first kappa shape index (κ1) is 16.5. The molecule has 1 aromatic rings. The van der Waals surface area contributed by atoms with Gasteiger partial charge in [0, 0.05) is 25.4 Å². The van der Waals surface area contributed by atoms with Gasteiger partial charge in [0.15, 0.2) is 0 Å². The molecule has 0 bridgehead atoms. The summed E-state index contributed by atoms with van der Waals surface area (Å²) in [6.45, 7) is 5.81. The van der Waals surface area contributed by atoms with Crippen molar-refractivity contribution in [3.8, 4) is 0 Å². The van der Waals surface area contributed by atoms with Crippen LogP contribution in [0.15, 0.2) is 24.3 Å². The summed E-state index contributed by atoms with van der Waals surface area (Å²) < 4.78 is 0. The molecule has 0 aromatic heterocycles. The van der Waals surface area contributed by atoms with Crippen molar-refractivity contribution in [2.75, 3.05) is 25.0 Å². The summed E-state index contributed by atoms with van der Waals surface area (Å²) >= 11 is 0. The topological polar surface area (TPSA) is 61.4 Å². The zero-order valence-corrected chi connectivity index (χ0v) is 12.5. The van der Waals surface area contributed by atoms with Crippen LogP contribution in [0.4, 0.5) is 5.69 Å². The first-order valence-corrected chi connectivity index (χ1v) is 7.41. The Labute approximate surface area is 121 Å². The van der Waals surface area contributed by atoms with Crippen LogP contribution in [0.25, 0.3) is 0 Å². The van der Waals surface area contributed by atoms with Crippen molar-refractivity contribution in [2.45, 2.75) is 33.1 Å². The van der Waals surface area contributed by atoms with Crippen molar-refractivity contribution in [3.63, 3.8) is 0 Å². The molecule has 0 radical (unpaired) electrons. The first-order valence-electron chi connectivity index (χ1n) is 7.41. The lowest BCUT2D eigenvalue weighted by Crippen LogP contribution is -2.26. The summed E-state index contributed by atoms with van der Waals surface area (Å²) in [5.74, 6) is 0.256. The fourth-order valence-corrected chi connectivity index (χ4v) is 1.93. The monoisotopic (exact) mass is 278 g/mol. The number of aliphatic hydroxyl groups excluding tert-OH is 1. The Morgan fingerprint density at radius 3 is 2.75 bits per heavy atom. The zero-order chi connectivity index (χ0) is 14.8. The molecule has 0 aliphatic rings. The van der Waals surface area contributed by atoms with E-state index in [4.69, 9.17) is 5.11 Å². The largest absolute Gasteiger partial charge is 0.396 e. The van der Waals surface area contributed by atoms with Gasteiger partial charge in [-0.25, -0.2) is 0 Å². The maximum Gasteiger partial charge on any atom is 0.253 e. The van der Waals surface area contributed by atoms with Gasteiger partial charge < -0.3 is 15.7 Å². The highest BCUT2D eigenvalue weighted by molar-refractivity contribution is 5.99. The first-order chi connectivity index (χ1) is 9.69. The van der Waals surface area contributed by atoms with E-state index < -0.39 is 0 Å². The SMILES string of the molecule is CCCNc1ccccc1C(=O)NCCCC(C)CO. The van der Waals surface area contributed by atoms with E-state index in [1.165, 1.54) is 0 Å². The molecule has 112 valence electrons. The zero-order valence-electron chi connectivity index (χ0n) is 12.5. The van der Waals surface area contributed by atoms with Crippen LogP contribution in [-0.4, -0.2) is 30.7 Å². The maximum atomic E-state index is 12.1. The van der Waals surface area contributed by atoms with Gasteiger partial charge in [-0.3, -0.25) is 4.79 Å². The van der Waals surface area contributed by atoms with Gasteiger partial charge in [0.1, 0.15) is 0 Å². The summed E-state index contributed by atoms with van der Waals surface area (Å²) in [6, 6.07) is 7.57. The van der Waals surface area contributed by atoms with E-state index in [9.17, 15) is 4.79 Å². The second kappa shape index (κ2) is 9.37. The molecule has 4 heteroatoms. The number of aliphatic hydroxyl groups is 1. The molecule has 4 nitrogen and oxygen atoms in total. The molecule has 1 unspecified atom stereocenters. The van der Waals surface area contributed by atoms with Gasteiger partial charge in [0.05, 0.1) is 5.56 Å². The van der Waals surface area contributed by atoms with Crippen LogP contribution in [-0.2, 0) is 0 Å². The Hall–Kier alpha value is -1.55. The highest BCUT2D eigenvalue weighted by Crippen LogP contribution is 2.14. The number of rotatable bonds is 9. The van der Waals surface area contributed by atoms with Crippen LogP contribution in [0.1, 0.15) is 43.5 Å². The summed E-state index contributed by atoms with van der Waals surface area (Å²) in [4.78, 5) is 12.1. The van der Waals surface area contributed by atoms with Crippen molar-refractivity contribution in [1.29, 1.82) is 0 Å². The predicted octanol–water partition coefficient (Wildman–Crippen LogP) is 2.65. The maximum absolute atomic E-state index is 12.1. The fourth-order valence-electron chi connectivity index (χ4n) is 1.93. The minimum absolute atomic E-state index is 0.0409. The van der Waals surface area contributed by atoms with Crippen molar-refractivity contribution >= 4 is 11.6 Å². The van der Waals surface area contributed by atoms with E-state index in [1.807, 2.05) is 31.2 Å². The minimum Gasteiger partial charge on any atom is -0.396 e. The number of hydrogen-bond donors (Lipinski definition) is 3. The number of carbonyl (C=O) groups is 1. The van der Waals surface area contributed by atoms with Crippen LogP contribution in [0.5, 0.6) is 0 Å². The van der Waals surface area contributed by atoms with E-state index in [-0.39, 0.29) is 12.5 Å². The van der Waals surface area contributed by atoms with Gasteiger partial charge in [-0.15, -0.1) is 0 Å². The molecule has 1 aromatic carbocycles. The Balaban J connectivity index is 2.46. The van der Waals surface area contributed by atoms with Crippen LogP contribution in [0, 0.1) is 5.92 Å². The van der Waals surface area contributed by atoms with Gasteiger partial charge in [-0.1, -0.05) is 26.0 Å². The number of para-hydroxylation sites is 1. The minimum atomic E-state index is -0.0409. The summed E-state index contributed by atoms with van der Waals surface area (Å²) in [7, 11) is 0. The van der Waals surface area contributed by atoms with E-state index in [0.717, 1.165) is 31.5 Å². The Kier molecular flexibility index (Phi) is 7.73. The third-order valence-corrected chi connectivity index (χ3v) is 3.21. The molecule has 3 N–H and O–H groups in total. The lowest BCUT2D eigenvalue weighted by Gasteiger charge is -2.12. The molecular formula is C16H26N2O2. The molecular weight excluding hydrogens is 252 g/mol. The Morgan fingerprint density at radius 2 is 2.05 bits per heavy atom. The lowest BCUT2D eigenvalue weighted by molar-refractivity contribution is 0.0953. The summed E-state index contributed by atoms with van der Waals surface area (Å²) in [6.07, 6.45) is 2.83. The Bertz CT molecular complexity index is 407. The van der Waals surface area contributed by atoms with E-state index >= 15 is 0 Å². The molecule has 0 spiro atoms. The highest BCUT2D eigenvalue weighted by Gasteiger charge is 2.10. The number of benzene rings is 1. The number of anilines is 1. The normalized spacial score (nSPS) is 11.9. The Morgan fingerprint density at radius 1 is 1.30 bits per heavy atom. The number of nitrogens with one attached hydrogen (secondary N) is 2. The molecule has 1 atom stereocenters. The second-order valence-corrected chi connectivity index (χ2v) is 5.16. The van der Waals surface area contributed by atoms with Crippen LogP contribution >= 0.6 is 0 Å². The van der Waals surface area contributed by atoms with Gasteiger partial charge in [0.25, 0.3) is 5.91 Å². The van der Waals surface area contributed by atoms with Crippen molar-refractivity contribution in [1.82, 2.24) is 5.32 Å². The molecule has 0 aliphatic heterocycles. The molecule has 1 amide bonds. The number of carbonyl (C=O) groups excluding carboxylic acids is 1. The lowest BCUT2D eigenvalue weighted by atomic mass is 10.1. The quantitative estimate of drug-likeness (QED) is 0.609. The smallest absolute Gasteiger partial charge is 0.253 e. The molecule has 0 heterocycles. The van der Waals surface area contributed by atoms with E-state index in [2.05, 4.69) is 17.6 Å². The fraction of sp³-hybridized carbons (Fsp3) is 0.562. The summed E-state index contributed by atoms with van der Waals surface area (Å²) in [5, 5.41) is 15.1. The van der Waals surface area contributed by atoms with Crippen LogP contribution < -0.4 is 10.6 Å². The summed E-state index contributed by atoms with van der Waals surface area (Å²) in [5.41, 5.74) is 1.58. The highest BCUT2D eigenvalue weighted by atomic mass is 16.3. The van der Waals surface area contributed by atoms with Crippen molar-refractivity contribution in [2.24, 2.45) is 5.92 Å². The predicted molar refractivity (Wildman–Crippen MR) is 83.0 cm³/mol. The second-order valence-electron chi connectivity index (χ2n) is 5.16. The van der Waals surface area contributed by atoms with Crippen molar-refractivity contribution < 1.29 is 9.90 Å². The van der Waals surface area contributed by atoms with Gasteiger partial charge in [-0.05, 0) is 37.3 Å². The third kappa shape index (κ3) is 5.61. The number of hydrogen-bond acceptors (Lipinski definition) is 3. The average molecular weight is 278 g/mol. The molecule has 0 fully saturated rings. The molecule has 0 saturated heterocycles. The van der Waals surface area contributed by atoms with Gasteiger partial charge >= 0.3 is 0 Å². The van der Waals surface area contributed by atoms with Crippen LogP contribution in [0.3, 0.4) is 0 Å². The van der Waals surface area contributed by atoms with Gasteiger partial charge in [-0.2, -0.15) is 0 Å². The molecule has 0 aliphatic carbocycles.